The van der Waals surface area contributed by atoms with Crippen molar-refractivity contribution in [3.8, 4) is 0 Å². The van der Waals surface area contributed by atoms with Gasteiger partial charge in [-0.1, -0.05) is 31.2 Å². The van der Waals surface area contributed by atoms with Gasteiger partial charge in [0, 0.05) is 11.6 Å². The van der Waals surface area contributed by atoms with E-state index in [0.29, 0.717) is 6.04 Å². The van der Waals surface area contributed by atoms with Crippen molar-refractivity contribution in [2.45, 2.75) is 20.3 Å². The van der Waals surface area contributed by atoms with Crippen molar-refractivity contribution >= 4 is 17.0 Å². The molecule has 15 heavy (non-hydrogen) atoms. The summed E-state index contributed by atoms with van der Waals surface area (Å²) in [5.41, 5.74) is 3.04. The molecule has 0 saturated carbocycles. The van der Waals surface area contributed by atoms with Crippen molar-refractivity contribution in [3.63, 3.8) is 0 Å². The molecule has 1 heteroatoms. The van der Waals surface area contributed by atoms with Gasteiger partial charge >= 0.3 is 0 Å². The zero-order chi connectivity index (χ0) is 11.5. The highest BCUT2D eigenvalue weighted by Crippen LogP contribution is 2.16. The number of hydrogen-bond acceptors (Lipinski definition) is 1. The molecular weight excluding hydrogens is 182 g/mol. The molecule has 1 nitrogen and oxygen atoms in total. The summed E-state index contributed by atoms with van der Waals surface area (Å²) < 4.78 is 7.96. The van der Waals surface area contributed by atoms with Crippen molar-refractivity contribution in [3.05, 3.63) is 47.6 Å². The highest BCUT2D eigenvalue weighted by Gasteiger charge is 1.95. The van der Waals surface area contributed by atoms with E-state index in [9.17, 15) is 0 Å². The van der Waals surface area contributed by atoms with Gasteiger partial charge in [0.05, 0.1) is 6.89 Å². The Morgan fingerprint density at radius 3 is 3.13 bits per heavy atom. The lowest BCUT2D eigenvalue weighted by Gasteiger charge is -2.00. The number of aryl methyl sites for hydroxylation is 1. The summed E-state index contributed by atoms with van der Waals surface area (Å²) >= 11 is 0. The lowest BCUT2D eigenvalue weighted by atomic mass is 10.1. The van der Waals surface area contributed by atoms with Crippen molar-refractivity contribution in [2.75, 3.05) is 0 Å². The summed E-state index contributed by atoms with van der Waals surface area (Å²) in [6.07, 6.45) is 6.98. The Bertz CT molecular complexity index is 544. The monoisotopic (exact) mass is 198 g/mol. The zero-order valence-electron chi connectivity index (χ0n) is 10.1. The molecule has 0 unspecified atom stereocenters. The molecule has 1 aromatic heterocycles. The third-order valence-electron chi connectivity index (χ3n) is 2.30. The second kappa shape index (κ2) is 4.26. The highest BCUT2D eigenvalue weighted by molar-refractivity contribution is 5.81. The van der Waals surface area contributed by atoms with Gasteiger partial charge in [-0.15, -0.1) is 0 Å². The minimum Gasteiger partial charge on any atom is -0.256 e. The Morgan fingerprint density at radius 2 is 2.33 bits per heavy atom. The first kappa shape index (κ1) is 8.66. The maximum absolute atomic E-state index is 7.96. The number of hydrogen-bond donors (Lipinski definition) is 0. The van der Waals surface area contributed by atoms with Crippen LogP contribution in [0.2, 0.25) is 0 Å². The lowest BCUT2D eigenvalue weighted by Crippen LogP contribution is -1.82. The predicted molar refractivity (Wildman–Crippen MR) is 65.8 cm³/mol. The molecule has 0 aliphatic rings. The van der Waals surface area contributed by atoms with E-state index in [1.54, 1.807) is 0 Å². The highest BCUT2D eigenvalue weighted by atomic mass is 14.6. The van der Waals surface area contributed by atoms with Gasteiger partial charge in [0.15, 0.2) is 0 Å². The predicted octanol–water partition coefficient (Wildman–Crippen LogP) is 3.97. The van der Waals surface area contributed by atoms with Crippen LogP contribution in [0.5, 0.6) is 0 Å². The molecule has 1 aromatic carbocycles. The molecular formula is C14H15N. The third kappa shape index (κ3) is 2.24. The van der Waals surface area contributed by atoms with Crippen LogP contribution in [0.15, 0.2) is 36.5 Å². The summed E-state index contributed by atoms with van der Waals surface area (Å²) in [6.45, 7) is 4.09. The maximum Gasteiger partial charge on any atom is 0.0708 e. The van der Waals surface area contributed by atoms with Crippen LogP contribution < -0.4 is 0 Å². The van der Waals surface area contributed by atoms with E-state index in [0.717, 1.165) is 28.5 Å². The van der Waals surface area contributed by atoms with E-state index in [2.05, 4.69) is 18.0 Å². The number of aromatic nitrogens is 1. The van der Waals surface area contributed by atoms with E-state index in [1.165, 1.54) is 0 Å². The van der Waals surface area contributed by atoms with Gasteiger partial charge < -0.3 is 0 Å². The van der Waals surface area contributed by atoms with E-state index in [1.807, 2.05) is 37.4 Å². The van der Waals surface area contributed by atoms with Crippen molar-refractivity contribution in [2.24, 2.45) is 0 Å². The van der Waals surface area contributed by atoms with Gasteiger partial charge in [-0.05, 0) is 36.6 Å². The smallest absolute Gasteiger partial charge is 0.0708 e. The Kier molecular flexibility index (Phi) is 2.46. The zero-order valence-corrected chi connectivity index (χ0v) is 9.12. The summed E-state index contributed by atoms with van der Waals surface area (Å²) in [7, 11) is 0. The van der Waals surface area contributed by atoms with Crippen LogP contribution in [0, 0.1) is 6.92 Å². The van der Waals surface area contributed by atoms with Crippen LogP contribution in [0.4, 0.5) is 0 Å². The largest absolute Gasteiger partial charge is 0.256 e. The molecule has 0 radical (unpaired) electrons. The molecule has 76 valence electrons. The second-order valence-corrected chi connectivity index (χ2v) is 3.69. The number of rotatable bonds is 2. The normalized spacial score (nSPS) is 12.3. The molecule has 0 amide bonds. The molecule has 0 spiro atoms. The first-order valence-corrected chi connectivity index (χ1v) is 5.24. The summed E-state index contributed by atoms with van der Waals surface area (Å²) in [5.74, 6) is 0. The van der Waals surface area contributed by atoms with Crippen LogP contribution in [0.3, 0.4) is 0 Å². The quantitative estimate of drug-likeness (QED) is 0.711. The molecule has 2 aromatic rings. The third-order valence-corrected chi connectivity index (χ3v) is 2.30. The van der Waals surface area contributed by atoms with Gasteiger partial charge in [0.2, 0.25) is 0 Å². The molecule has 0 saturated heterocycles. The molecule has 2 rings (SSSR count). The molecule has 0 fully saturated rings. The Hall–Kier alpha value is -1.63. The van der Waals surface area contributed by atoms with E-state index in [-0.39, 0.29) is 0 Å². The molecule has 1 heterocycles. The fraction of sp³-hybridized carbons (Fsp3) is 0.214. The number of pyridine rings is 1. The minimum absolute atomic E-state index is 0.546. The minimum atomic E-state index is 0.546. The van der Waals surface area contributed by atoms with E-state index < -0.39 is 0 Å². The molecule has 0 aliphatic heterocycles. The second-order valence-electron chi connectivity index (χ2n) is 3.69. The number of benzene rings is 1. The van der Waals surface area contributed by atoms with Crippen molar-refractivity contribution in [1.82, 2.24) is 4.98 Å². The average molecular weight is 198 g/mol. The molecule has 0 atom stereocenters. The fourth-order valence-electron chi connectivity index (χ4n) is 1.52. The molecule has 0 aliphatic carbocycles. The lowest BCUT2D eigenvalue weighted by molar-refractivity contribution is 1.23. The fourth-order valence-corrected chi connectivity index (χ4v) is 1.52. The number of allylic oxidation sites excluding steroid dienone is 1. The standard InChI is InChI=1S/C14H15N/c1-3-4-5-12-6-7-13-8-11(2)10-15-14(13)9-12/h4-10H,3H2,1-2H3/b5-4+/i7D. The Balaban J connectivity index is 2.59. The number of nitrogens with zero attached hydrogens (tertiary/aromatic N) is 1. The van der Waals surface area contributed by atoms with Gasteiger partial charge in [-0.3, -0.25) is 4.98 Å². The van der Waals surface area contributed by atoms with Crippen LogP contribution in [-0.2, 0) is 0 Å². The SMILES string of the molecule is [2H]c1cc(/C=C/CC)cc2ncc(C)cc12. The van der Waals surface area contributed by atoms with Gasteiger partial charge in [0.25, 0.3) is 0 Å². The topological polar surface area (TPSA) is 12.9 Å². The Labute approximate surface area is 91.9 Å². The average Bonchev–Trinajstić information content (AvgIpc) is 2.27. The van der Waals surface area contributed by atoms with Gasteiger partial charge in [-0.2, -0.15) is 0 Å². The maximum atomic E-state index is 7.96. The van der Waals surface area contributed by atoms with Crippen LogP contribution in [-0.4, -0.2) is 4.98 Å². The van der Waals surface area contributed by atoms with E-state index in [4.69, 9.17) is 1.37 Å². The molecule has 0 N–H and O–H groups in total. The van der Waals surface area contributed by atoms with Crippen LogP contribution in [0.1, 0.15) is 25.8 Å². The van der Waals surface area contributed by atoms with Gasteiger partial charge in [-0.25, -0.2) is 0 Å². The van der Waals surface area contributed by atoms with Crippen LogP contribution >= 0.6 is 0 Å². The van der Waals surface area contributed by atoms with Crippen molar-refractivity contribution in [1.29, 1.82) is 0 Å². The summed E-state index contributed by atoms with van der Waals surface area (Å²) in [4.78, 5) is 4.36. The first-order chi connectivity index (χ1) is 7.70. The van der Waals surface area contributed by atoms with Gasteiger partial charge in [0.1, 0.15) is 0 Å². The Morgan fingerprint density at radius 1 is 1.47 bits per heavy atom. The molecule has 0 bridgehead atoms. The van der Waals surface area contributed by atoms with Crippen LogP contribution in [0.25, 0.3) is 17.0 Å². The summed E-state index contributed by atoms with van der Waals surface area (Å²) in [5, 5.41) is 0.925. The van der Waals surface area contributed by atoms with Crippen molar-refractivity contribution < 1.29 is 1.37 Å². The van der Waals surface area contributed by atoms with E-state index >= 15 is 0 Å². The summed E-state index contributed by atoms with van der Waals surface area (Å²) in [6, 6.07) is 6.47. The first-order valence-electron chi connectivity index (χ1n) is 5.74. The number of fused-ring (bicyclic) bond motifs is 1.